The molecule has 0 aliphatic carbocycles. The van der Waals surface area contributed by atoms with Gasteiger partial charge in [-0.3, -0.25) is 0 Å². The van der Waals surface area contributed by atoms with Gasteiger partial charge < -0.3 is 14.8 Å². The minimum Gasteiger partial charge on any atom is -0.497 e. The van der Waals surface area contributed by atoms with Crippen molar-refractivity contribution in [1.29, 1.82) is 5.26 Å². The number of nitrogens with one attached hydrogen (secondary N) is 1. The molecule has 0 radical (unpaired) electrons. The van der Waals surface area contributed by atoms with Crippen LogP contribution in [0.3, 0.4) is 0 Å². The van der Waals surface area contributed by atoms with E-state index in [0.29, 0.717) is 5.88 Å². The Kier molecular flexibility index (Phi) is 4.33. The van der Waals surface area contributed by atoms with Crippen LogP contribution < -0.4 is 14.8 Å². The van der Waals surface area contributed by atoms with Crippen LogP contribution >= 0.6 is 0 Å². The highest BCUT2D eigenvalue weighted by Crippen LogP contribution is 2.30. The van der Waals surface area contributed by atoms with E-state index in [4.69, 9.17) is 9.47 Å². The Morgan fingerprint density at radius 3 is 2.71 bits per heavy atom. The van der Waals surface area contributed by atoms with Crippen molar-refractivity contribution in [2.24, 2.45) is 7.05 Å². The zero-order valence-electron chi connectivity index (χ0n) is 12.5. The van der Waals surface area contributed by atoms with Gasteiger partial charge in [-0.1, -0.05) is 6.07 Å². The fourth-order valence-corrected chi connectivity index (χ4v) is 2.28. The summed E-state index contributed by atoms with van der Waals surface area (Å²) in [5.74, 6) is 1.31. The SMILES string of the molecule is COc1cccc(NC(C#N)c2c(C)nn(C)c2OC)c1. The monoisotopic (exact) mass is 286 g/mol. The predicted molar refractivity (Wildman–Crippen MR) is 79.5 cm³/mol. The van der Waals surface area contributed by atoms with Crippen LogP contribution in [0.1, 0.15) is 17.3 Å². The van der Waals surface area contributed by atoms with E-state index in [1.807, 2.05) is 31.2 Å². The van der Waals surface area contributed by atoms with E-state index in [0.717, 1.165) is 22.7 Å². The number of benzene rings is 1. The lowest BCUT2D eigenvalue weighted by atomic mass is 10.1. The number of nitrogens with zero attached hydrogens (tertiary/aromatic N) is 3. The summed E-state index contributed by atoms with van der Waals surface area (Å²) in [5.41, 5.74) is 2.30. The number of aromatic nitrogens is 2. The summed E-state index contributed by atoms with van der Waals surface area (Å²) < 4.78 is 12.2. The number of rotatable bonds is 5. The highest BCUT2D eigenvalue weighted by atomic mass is 16.5. The predicted octanol–water partition coefficient (Wildman–Crippen LogP) is 2.42. The van der Waals surface area contributed by atoms with Crippen molar-refractivity contribution in [3.8, 4) is 17.7 Å². The number of ether oxygens (including phenoxy) is 2. The summed E-state index contributed by atoms with van der Waals surface area (Å²) in [5, 5.41) is 17.0. The lowest BCUT2D eigenvalue weighted by molar-refractivity contribution is 0.369. The molecule has 0 saturated carbocycles. The molecule has 0 spiro atoms. The first-order chi connectivity index (χ1) is 10.1. The van der Waals surface area contributed by atoms with Crippen LogP contribution in [-0.2, 0) is 7.05 Å². The Morgan fingerprint density at radius 1 is 1.33 bits per heavy atom. The van der Waals surface area contributed by atoms with Crippen LogP contribution in [-0.4, -0.2) is 24.0 Å². The summed E-state index contributed by atoms with van der Waals surface area (Å²) in [6, 6.07) is 9.12. The number of methoxy groups -OCH3 is 2. The Hall–Kier alpha value is -2.68. The van der Waals surface area contributed by atoms with Gasteiger partial charge in [-0.15, -0.1) is 0 Å². The molecule has 1 N–H and O–H groups in total. The number of nitriles is 1. The minimum atomic E-state index is -0.555. The molecule has 0 saturated heterocycles. The first kappa shape index (κ1) is 14.7. The summed E-state index contributed by atoms with van der Waals surface area (Å²) in [6.07, 6.45) is 0. The molecule has 110 valence electrons. The minimum absolute atomic E-state index is 0.555. The summed E-state index contributed by atoms with van der Waals surface area (Å²) in [6.45, 7) is 1.86. The number of hydrogen-bond acceptors (Lipinski definition) is 5. The van der Waals surface area contributed by atoms with Crippen molar-refractivity contribution in [1.82, 2.24) is 9.78 Å². The van der Waals surface area contributed by atoms with Gasteiger partial charge in [-0.25, -0.2) is 4.68 Å². The summed E-state index contributed by atoms with van der Waals surface area (Å²) in [7, 11) is 4.96. The van der Waals surface area contributed by atoms with Crippen molar-refractivity contribution >= 4 is 5.69 Å². The van der Waals surface area contributed by atoms with Crippen molar-refractivity contribution in [2.75, 3.05) is 19.5 Å². The molecular formula is C15H18N4O2. The third kappa shape index (κ3) is 2.92. The molecule has 6 nitrogen and oxygen atoms in total. The van der Waals surface area contributed by atoms with Crippen molar-refractivity contribution in [3.05, 3.63) is 35.5 Å². The zero-order valence-corrected chi connectivity index (χ0v) is 12.5. The molecule has 0 aliphatic heterocycles. The second-order valence-electron chi connectivity index (χ2n) is 4.57. The molecule has 0 bridgehead atoms. The van der Waals surface area contributed by atoms with E-state index >= 15 is 0 Å². The number of hydrogen-bond donors (Lipinski definition) is 1. The molecule has 1 unspecified atom stereocenters. The second-order valence-corrected chi connectivity index (χ2v) is 4.57. The molecular weight excluding hydrogens is 268 g/mol. The zero-order chi connectivity index (χ0) is 15.4. The van der Waals surface area contributed by atoms with Crippen molar-refractivity contribution in [3.63, 3.8) is 0 Å². The van der Waals surface area contributed by atoms with E-state index in [2.05, 4.69) is 16.5 Å². The topological polar surface area (TPSA) is 72.1 Å². The fraction of sp³-hybridized carbons (Fsp3) is 0.333. The van der Waals surface area contributed by atoms with E-state index < -0.39 is 6.04 Å². The van der Waals surface area contributed by atoms with Gasteiger partial charge in [0, 0.05) is 18.8 Å². The lowest BCUT2D eigenvalue weighted by Gasteiger charge is -2.14. The van der Waals surface area contributed by atoms with Gasteiger partial charge in [0.05, 0.1) is 31.5 Å². The van der Waals surface area contributed by atoms with E-state index in [-0.39, 0.29) is 0 Å². The maximum absolute atomic E-state index is 9.48. The van der Waals surface area contributed by atoms with E-state index in [9.17, 15) is 5.26 Å². The van der Waals surface area contributed by atoms with Gasteiger partial charge in [-0.2, -0.15) is 10.4 Å². The third-order valence-electron chi connectivity index (χ3n) is 3.21. The van der Waals surface area contributed by atoms with Gasteiger partial charge in [0.1, 0.15) is 11.8 Å². The van der Waals surface area contributed by atoms with Gasteiger partial charge in [-0.05, 0) is 19.1 Å². The lowest BCUT2D eigenvalue weighted by Crippen LogP contribution is -2.10. The maximum atomic E-state index is 9.48. The molecule has 1 aromatic carbocycles. The fourth-order valence-electron chi connectivity index (χ4n) is 2.28. The van der Waals surface area contributed by atoms with Crippen molar-refractivity contribution in [2.45, 2.75) is 13.0 Å². The highest BCUT2D eigenvalue weighted by molar-refractivity contribution is 5.53. The third-order valence-corrected chi connectivity index (χ3v) is 3.21. The van der Waals surface area contributed by atoms with Crippen LogP contribution in [0.2, 0.25) is 0 Å². The number of aryl methyl sites for hydroxylation is 2. The molecule has 1 atom stereocenters. The highest BCUT2D eigenvalue weighted by Gasteiger charge is 2.23. The molecule has 2 aromatic rings. The Balaban J connectivity index is 2.35. The van der Waals surface area contributed by atoms with Gasteiger partial charge >= 0.3 is 0 Å². The Bertz CT molecular complexity index is 673. The Morgan fingerprint density at radius 2 is 2.10 bits per heavy atom. The average Bonchev–Trinajstić information content (AvgIpc) is 2.78. The molecule has 21 heavy (non-hydrogen) atoms. The first-order valence-electron chi connectivity index (χ1n) is 6.48. The summed E-state index contributed by atoms with van der Waals surface area (Å²) >= 11 is 0. The van der Waals surface area contributed by atoms with E-state index in [1.165, 1.54) is 0 Å². The molecule has 1 heterocycles. The standard InChI is InChI=1S/C15H18N4O2/c1-10-14(15(21-4)19(2)18-10)13(9-16)17-11-6-5-7-12(8-11)20-3/h5-8,13,17H,1-4H3. The Labute approximate surface area is 123 Å². The molecule has 6 heteroatoms. The molecule has 0 fully saturated rings. The molecule has 0 aliphatic rings. The van der Waals surface area contributed by atoms with Crippen LogP contribution in [0.5, 0.6) is 11.6 Å². The van der Waals surface area contributed by atoms with Gasteiger partial charge in [0.25, 0.3) is 0 Å². The largest absolute Gasteiger partial charge is 0.497 e. The second kappa shape index (κ2) is 6.18. The average molecular weight is 286 g/mol. The van der Waals surface area contributed by atoms with Crippen LogP contribution in [0, 0.1) is 18.3 Å². The van der Waals surface area contributed by atoms with E-state index in [1.54, 1.807) is 25.9 Å². The van der Waals surface area contributed by atoms with Crippen LogP contribution in [0.4, 0.5) is 5.69 Å². The molecule has 0 amide bonds. The van der Waals surface area contributed by atoms with Gasteiger partial charge in [0.2, 0.25) is 5.88 Å². The quantitative estimate of drug-likeness (QED) is 0.914. The number of anilines is 1. The van der Waals surface area contributed by atoms with Crippen LogP contribution in [0.15, 0.2) is 24.3 Å². The van der Waals surface area contributed by atoms with Gasteiger partial charge in [0.15, 0.2) is 0 Å². The smallest absolute Gasteiger partial charge is 0.218 e. The molecule has 1 aromatic heterocycles. The maximum Gasteiger partial charge on any atom is 0.218 e. The van der Waals surface area contributed by atoms with Crippen molar-refractivity contribution < 1.29 is 9.47 Å². The van der Waals surface area contributed by atoms with Crippen LogP contribution in [0.25, 0.3) is 0 Å². The summed E-state index contributed by atoms with van der Waals surface area (Å²) in [4.78, 5) is 0. The molecule has 2 rings (SSSR count). The first-order valence-corrected chi connectivity index (χ1v) is 6.48. The normalized spacial score (nSPS) is 11.6.